The monoisotopic (exact) mass is 416 g/mol. The van der Waals surface area contributed by atoms with E-state index in [2.05, 4.69) is 25.7 Å². The van der Waals surface area contributed by atoms with Crippen LogP contribution in [0.1, 0.15) is 27.3 Å². The molecule has 2 aromatic carbocycles. The Balaban J connectivity index is 1.43. The number of aryl methyl sites for hydroxylation is 2. The lowest BCUT2D eigenvalue weighted by Gasteiger charge is -2.10. The molecule has 8 heteroatoms. The van der Waals surface area contributed by atoms with Crippen LogP contribution in [0.25, 0.3) is 5.82 Å². The van der Waals surface area contributed by atoms with Gasteiger partial charge in [-0.2, -0.15) is 5.10 Å². The lowest BCUT2D eigenvalue weighted by atomic mass is 10.1. The summed E-state index contributed by atoms with van der Waals surface area (Å²) in [7, 11) is 0. The zero-order valence-electron chi connectivity index (χ0n) is 17.1. The van der Waals surface area contributed by atoms with E-state index in [0.717, 1.165) is 17.0 Å². The van der Waals surface area contributed by atoms with Crippen LogP contribution >= 0.6 is 0 Å². The maximum Gasteiger partial charge on any atom is 0.255 e. The van der Waals surface area contributed by atoms with Crippen molar-refractivity contribution in [2.75, 3.05) is 10.6 Å². The number of nitrogens with zero attached hydrogens (tertiary/aromatic N) is 4. The van der Waals surface area contributed by atoms with E-state index < -0.39 is 5.82 Å². The summed E-state index contributed by atoms with van der Waals surface area (Å²) in [5, 5.41) is 10.5. The third-order valence-electron chi connectivity index (χ3n) is 4.59. The molecule has 2 heterocycles. The highest BCUT2D eigenvalue weighted by Gasteiger charge is 2.09. The Hall–Kier alpha value is -4.07. The Labute approximate surface area is 179 Å². The highest BCUT2D eigenvalue weighted by atomic mass is 19.1. The average molecular weight is 416 g/mol. The van der Waals surface area contributed by atoms with Crippen molar-refractivity contribution in [1.29, 1.82) is 0 Å². The Bertz CT molecular complexity index is 1240. The molecule has 0 saturated carbocycles. The number of carbonyl (C=O) groups excluding carboxylic acids is 1. The van der Waals surface area contributed by atoms with Crippen molar-refractivity contribution < 1.29 is 9.18 Å². The van der Waals surface area contributed by atoms with E-state index in [1.54, 1.807) is 29.2 Å². The Morgan fingerprint density at radius 1 is 1.06 bits per heavy atom. The van der Waals surface area contributed by atoms with Gasteiger partial charge < -0.3 is 10.6 Å². The van der Waals surface area contributed by atoms with Crippen LogP contribution in [-0.2, 0) is 6.54 Å². The summed E-state index contributed by atoms with van der Waals surface area (Å²) in [5.74, 6) is 0.424. The van der Waals surface area contributed by atoms with Crippen molar-refractivity contribution in [2.45, 2.75) is 20.4 Å². The molecule has 0 unspecified atom stereocenters. The van der Waals surface area contributed by atoms with Gasteiger partial charge in [-0.3, -0.25) is 9.78 Å². The second kappa shape index (κ2) is 8.74. The van der Waals surface area contributed by atoms with Gasteiger partial charge in [0.05, 0.1) is 18.1 Å². The van der Waals surface area contributed by atoms with E-state index in [1.807, 2.05) is 38.1 Å². The van der Waals surface area contributed by atoms with Gasteiger partial charge in [0.15, 0.2) is 5.82 Å². The molecule has 0 radical (unpaired) electrons. The number of anilines is 2. The van der Waals surface area contributed by atoms with E-state index in [0.29, 0.717) is 23.9 Å². The van der Waals surface area contributed by atoms with E-state index in [9.17, 15) is 9.18 Å². The quantitative estimate of drug-likeness (QED) is 0.490. The van der Waals surface area contributed by atoms with Gasteiger partial charge in [0, 0.05) is 23.5 Å². The fourth-order valence-electron chi connectivity index (χ4n) is 3.19. The van der Waals surface area contributed by atoms with Crippen LogP contribution in [0.3, 0.4) is 0 Å². The van der Waals surface area contributed by atoms with Crippen LogP contribution in [0.5, 0.6) is 0 Å². The molecular formula is C23H21FN6O. The third-order valence-corrected chi connectivity index (χ3v) is 4.59. The summed E-state index contributed by atoms with van der Waals surface area (Å²) < 4.78 is 15.1. The zero-order chi connectivity index (χ0) is 21.8. The number of benzene rings is 2. The van der Waals surface area contributed by atoms with Gasteiger partial charge in [0.2, 0.25) is 0 Å². The molecule has 0 aliphatic rings. The second-order valence-corrected chi connectivity index (χ2v) is 7.12. The number of rotatable bonds is 6. The number of aromatic nitrogens is 4. The van der Waals surface area contributed by atoms with Gasteiger partial charge in [-0.05, 0) is 55.8 Å². The van der Waals surface area contributed by atoms with Crippen LogP contribution < -0.4 is 10.6 Å². The fourth-order valence-corrected chi connectivity index (χ4v) is 3.19. The number of halogens is 1. The van der Waals surface area contributed by atoms with Crippen molar-refractivity contribution in [3.05, 3.63) is 95.3 Å². The molecule has 2 aromatic heterocycles. The summed E-state index contributed by atoms with van der Waals surface area (Å²) in [6.45, 7) is 4.38. The molecule has 0 fully saturated rings. The average Bonchev–Trinajstić information content (AvgIpc) is 3.11. The first-order chi connectivity index (χ1) is 15.0. The SMILES string of the molecule is Cc1cc(C)n(-c2cncc(NCc3cccc(NC(=O)c4cccc(F)c4)c3)n2)n1. The van der Waals surface area contributed by atoms with Crippen molar-refractivity contribution >= 4 is 17.4 Å². The molecule has 0 saturated heterocycles. The standard InChI is InChI=1S/C23H21FN6O/c1-15-9-16(2)30(29-15)22-14-25-13-21(28-22)26-12-17-5-3-8-20(10-17)27-23(31)18-6-4-7-19(24)11-18/h3-11,13-14H,12H2,1-2H3,(H,26,28)(H,27,31). The Morgan fingerprint density at radius 2 is 1.90 bits per heavy atom. The summed E-state index contributed by atoms with van der Waals surface area (Å²) >= 11 is 0. The maximum atomic E-state index is 13.3. The van der Waals surface area contributed by atoms with Crippen LogP contribution in [0.15, 0.2) is 67.0 Å². The largest absolute Gasteiger partial charge is 0.365 e. The van der Waals surface area contributed by atoms with Gasteiger partial charge in [0.1, 0.15) is 11.6 Å². The molecule has 7 nitrogen and oxygen atoms in total. The molecule has 0 aliphatic carbocycles. The Morgan fingerprint density at radius 3 is 2.68 bits per heavy atom. The van der Waals surface area contributed by atoms with E-state index in [1.165, 1.54) is 18.2 Å². The summed E-state index contributed by atoms with van der Waals surface area (Å²) in [5.41, 5.74) is 3.71. The minimum atomic E-state index is -0.450. The number of carbonyl (C=O) groups is 1. The third kappa shape index (κ3) is 4.92. The van der Waals surface area contributed by atoms with E-state index in [-0.39, 0.29) is 11.5 Å². The van der Waals surface area contributed by atoms with Crippen LogP contribution in [0.2, 0.25) is 0 Å². The van der Waals surface area contributed by atoms with Gasteiger partial charge in [-0.1, -0.05) is 18.2 Å². The summed E-state index contributed by atoms with van der Waals surface area (Å²) in [6.07, 6.45) is 3.30. The van der Waals surface area contributed by atoms with Crippen molar-refractivity contribution in [3.8, 4) is 5.82 Å². The number of hydrogen-bond donors (Lipinski definition) is 2. The molecule has 1 amide bonds. The molecule has 4 rings (SSSR count). The normalized spacial score (nSPS) is 10.7. The minimum Gasteiger partial charge on any atom is -0.365 e. The Kier molecular flexibility index (Phi) is 5.70. The van der Waals surface area contributed by atoms with Gasteiger partial charge in [-0.15, -0.1) is 0 Å². The van der Waals surface area contributed by atoms with Crippen LogP contribution in [-0.4, -0.2) is 25.7 Å². The number of nitrogens with one attached hydrogen (secondary N) is 2. The predicted molar refractivity (Wildman–Crippen MR) is 117 cm³/mol. The van der Waals surface area contributed by atoms with Gasteiger partial charge in [-0.25, -0.2) is 14.1 Å². The molecule has 31 heavy (non-hydrogen) atoms. The molecule has 156 valence electrons. The minimum absolute atomic E-state index is 0.264. The summed E-state index contributed by atoms with van der Waals surface area (Å²) in [6, 6.07) is 15.0. The van der Waals surface area contributed by atoms with Crippen molar-refractivity contribution in [1.82, 2.24) is 19.7 Å². The van der Waals surface area contributed by atoms with E-state index >= 15 is 0 Å². The first kappa shape index (κ1) is 20.2. The van der Waals surface area contributed by atoms with Crippen LogP contribution in [0, 0.1) is 19.7 Å². The highest BCUT2D eigenvalue weighted by Crippen LogP contribution is 2.15. The lowest BCUT2D eigenvalue weighted by Crippen LogP contribution is -2.12. The smallest absolute Gasteiger partial charge is 0.255 e. The lowest BCUT2D eigenvalue weighted by molar-refractivity contribution is 0.102. The van der Waals surface area contributed by atoms with Crippen molar-refractivity contribution in [3.63, 3.8) is 0 Å². The number of hydrogen-bond acceptors (Lipinski definition) is 5. The van der Waals surface area contributed by atoms with E-state index in [4.69, 9.17) is 0 Å². The maximum absolute atomic E-state index is 13.3. The predicted octanol–water partition coefficient (Wildman–Crippen LogP) is 4.28. The molecule has 0 bridgehead atoms. The zero-order valence-corrected chi connectivity index (χ0v) is 17.1. The van der Waals surface area contributed by atoms with Crippen LogP contribution in [0.4, 0.5) is 15.9 Å². The first-order valence-corrected chi connectivity index (χ1v) is 9.73. The fraction of sp³-hybridized carbons (Fsp3) is 0.130. The molecule has 2 N–H and O–H groups in total. The molecule has 0 atom stereocenters. The van der Waals surface area contributed by atoms with Gasteiger partial charge in [0.25, 0.3) is 5.91 Å². The molecule has 0 aliphatic heterocycles. The van der Waals surface area contributed by atoms with Gasteiger partial charge >= 0.3 is 0 Å². The summed E-state index contributed by atoms with van der Waals surface area (Å²) in [4.78, 5) is 21.2. The molecular weight excluding hydrogens is 395 g/mol. The number of amides is 1. The highest BCUT2D eigenvalue weighted by molar-refractivity contribution is 6.04. The molecule has 4 aromatic rings. The molecule has 0 spiro atoms. The first-order valence-electron chi connectivity index (χ1n) is 9.73. The van der Waals surface area contributed by atoms with Crippen molar-refractivity contribution in [2.24, 2.45) is 0 Å². The topological polar surface area (TPSA) is 84.7 Å². The second-order valence-electron chi connectivity index (χ2n) is 7.12.